The normalized spacial score (nSPS) is 9.93. The zero-order chi connectivity index (χ0) is 10.5. The molecule has 0 bridgehead atoms. The molecule has 2 aromatic carbocycles. The highest BCUT2D eigenvalue weighted by molar-refractivity contribution is 5.26. The van der Waals surface area contributed by atoms with Gasteiger partial charge in [-0.05, 0) is 24.1 Å². The molecule has 0 saturated carbocycles. The van der Waals surface area contributed by atoms with Gasteiger partial charge < -0.3 is 4.74 Å². The first-order valence-corrected chi connectivity index (χ1v) is 5.00. The second kappa shape index (κ2) is 4.65. The lowest BCUT2D eigenvalue weighted by molar-refractivity contribution is 0.305. The summed E-state index contributed by atoms with van der Waals surface area (Å²) in [5.74, 6) is 0.792. The number of aryl methyl sites for hydroxylation is 1. The number of hydrogen-bond acceptors (Lipinski definition) is 1. The third-order valence-electron chi connectivity index (χ3n) is 2.32. The Balaban J connectivity index is 2.03. The second-order valence-electron chi connectivity index (χ2n) is 3.44. The van der Waals surface area contributed by atoms with Crippen LogP contribution in [0, 0.1) is 13.0 Å². The van der Waals surface area contributed by atoms with Crippen molar-refractivity contribution in [2.75, 3.05) is 0 Å². The van der Waals surface area contributed by atoms with Gasteiger partial charge >= 0.3 is 0 Å². The number of benzene rings is 2. The Kier molecular flexibility index (Phi) is 3.03. The number of ether oxygens (including phenoxy) is 1. The molecule has 0 heterocycles. The van der Waals surface area contributed by atoms with Gasteiger partial charge in [0, 0.05) is 6.07 Å². The average Bonchev–Trinajstić information content (AvgIpc) is 2.29. The molecule has 0 saturated heterocycles. The van der Waals surface area contributed by atoms with E-state index >= 15 is 0 Å². The largest absolute Gasteiger partial charge is 0.488 e. The third kappa shape index (κ3) is 2.59. The molecule has 15 heavy (non-hydrogen) atoms. The zero-order valence-electron chi connectivity index (χ0n) is 8.73. The third-order valence-corrected chi connectivity index (χ3v) is 2.32. The van der Waals surface area contributed by atoms with Crippen LogP contribution in [0.3, 0.4) is 0 Å². The fourth-order valence-corrected chi connectivity index (χ4v) is 1.39. The van der Waals surface area contributed by atoms with E-state index in [9.17, 15) is 0 Å². The van der Waals surface area contributed by atoms with Crippen LogP contribution >= 0.6 is 0 Å². The van der Waals surface area contributed by atoms with Crippen LogP contribution in [-0.2, 0) is 6.61 Å². The summed E-state index contributed by atoms with van der Waals surface area (Å²) in [6.07, 6.45) is 0. The molecule has 0 unspecified atom stereocenters. The van der Waals surface area contributed by atoms with Crippen molar-refractivity contribution in [2.24, 2.45) is 0 Å². The summed E-state index contributed by atoms with van der Waals surface area (Å²) in [4.78, 5) is 0. The summed E-state index contributed by atoms with van der Waals surface area (Å²) in [5.41, 5.74) is 2.48. The van der Waals surface area contributed by atoms with Crippen molar-refractivity contribution in [3.8, 4) is 5.75 Å². The van der Waals surface area contributed by atoms with Crippen LogP contribution in [-0.4, -0.2) is 0 Å². The van der Waals surface area contributed by atoms with Crippen LogP contribution < -0.4 is 4.74 Å². The molecule has 0 aromatic heterocycles. The second-order valence-corrected chi connectivity index (χ2v) is 3.44. The van der Waals surface area contributed by atoms with Crippen LogP contribution in [0.4, 0.5) is 0 Å². The van der Waals surface area contributed by atoms with E-state index in [1.54, 1.807) is 0 Å². The van der Waals surface area contributed by atoms with E-state index in [2.05, 4.69) is 25.1 Å². The van der Waals surface area contributed by atoms with Crippen LogP contribution in [0.25, 0.3) is 0 Å². The van der Waals surface area contributed by atoms with E-state index in [1.165, 1.54) is 11.1 Å². The van der Waals surface area contributed by atoms with Gasteiger partial charge in [-0.25, -0.2) is 0 Å². The first kappa shape index (κ1) is 9.78. The van der Waals surface area contributed by atoms with Crippen molar-refractivity contribution in [3.05, 3.63) is 65.7 Å². The Morgan fingerprint density at radius 2 is 1.87 bits per heavy atom. The highest BCUT2D eigenvalue weighted by Gasteiger charge is 1.97. The van der Waals surface area contributed by atoms with Crippen LogP contribution in [0.5, 0.6) is 5.75 Å². The number of hydrogen-bond donors (Lipinski definition) is 0. The van der Waals surface area contributed by atoms with Crippen LogP contribution in [0.15, 0.2) is 48.5 Å². The number of para-hydroxylation sites is 1. The Hall–Kier alpha value is -1.76. The molecule has 0 atom stereocenters. The smallest absolute Gasteiger partial charge is 0.127 e. The predicted octanol–water partition coefficient (Wildman–Crippen LogP) is 3.37. The molecule has 0 N–H and O–H groups in total. The molecular formula is C14H13O. The fourth-order valence-electron chi connectivity index (χ4n) is 1.39. The van der Waals surface area contributed by atoms with Crippen molar-refractivity contribution >= 4 is 0 Å². The Bertz CT molecular complexity index is 420. The molecule has 2 rings (SSSR count). The van der Waals surface area contributed by atoms with E-state index in [0.29, 0.717) is 6.61 Å². The van der Waals surface area contributed by atoms with Crippen molar-refractivity contribution < 1.29 is 4.74 Å². The maximum absolute atomic E-state index is 5.62. The highest BCUT2D eigenvalue weighted by atomic mass is 16.5. The van der Waals surface area contributed by atoms with Gasteiger partial charge in [-0.15, -0.1) is 0 Å². The van der Waals surface area contributed by atoms with Gasteiger partial charge in [-0.1, -0.05) is 42.5 Å². The summed E-state index contributed by atoms with van der Waals surface area (Å²) in [7, 11) is 0. The van der Waals surface area contributed by atoms with Gasteiger partial charge in [0.15, 0.2) is 0 Å². The van der Waals surface area contributed by atoms with Crippen molar-refractivity contribution in [1.82, 2.24) is 0 Å². The summed E-state index contributed by atoms with van der Waals surface area (Å²) < 4.78 is 5.62. The maximum Gasteiger partial charge on any atom is 0.127 e. The molecule has 2 aromatic rings. The molecule has 0 fully saturated rings. The Morgan fingerprint density at radius 1 is 1.07 bits per heavy atom. The van der Waals surface area contributed by atoms with Gasteiger partial charge in [-0.3, -0.25) is 0 Å². The standard InChI is InChI=1S/C14H13O/c1-12-7-5-6-8-13(12)11-15-14-9-3-2-4-10-14/h2-9H,11H2,1H3. The fraction of sp³-hybridized carbons (Fsp3) is 0.143. The van der Waals surface area contributed by atoms with E-state index in [0.717, 1.165) is 5.75 Å². The molecule has 0 spiro atoms. The maximum atomic E-state index is 5.62. The SMILES string of the molecule is Cc1ccccc1COc1[c]cccc1. The first-order chi connectivity index (χ1) is 7.36. The molecular weight excluding hydrogens is 184 g/mol. The van der Waals surface area contributed by atoms with Gasteiger partial charge in [0.05, 0.1) is 0 Å². The Labute approximate surface area is 90.3 Å². The van der Waals surface area contributed by atoms with Crippen LogP contribution in [0.2, 0.25) is 0 Å². The van der Waals surface area contributed by atoms with Gasteiger partial charge in [0.2, 0.25) is 0 Å². The number of rotatable bonds is 3. The highest BCUT2D eigenvalue weighted by Crippen LogP contribution is 2.13. The predicted molar refractivity (Wildman–Crippen MR) is 60.8 cm³/mol. The van der Waals surface area contributed by atoms with E-state index < -0.39 is 0 Å². The van der Waals surface area contributed by atoms with E-state index in [4.69, 9.17) is 4.74 Å². The molecule has 0 aliphatic heterocycles. The molecule has 1 radical (unpaired) electrons. The summed E-state index contributed by atoms with van der Waals surface area (Å²) in [6, 6.07) is 18.9. The lowest BCUT2D eigenvalue weighted by atomic mass is 10.1. The summed E-state index contributed by atoms with van der Waals surface area (Å²) >= 11 is 0. The lowest BCUT2D eigenvalue weighted by Gasteiger charge is -2.07. The average molecular weight is 197 g/mol. The molecule has 1 heteroatoms. The van der Waals surface area contributed by atoms with Gasteiger partial charge in [0.25, 0.3) is 0 Å². The monoisotopic (exact) mass is 197 g/mol. The Morgan fingerprint density at radius 3 is 2.60 bits per heavy atom. The lowest BCUT2D eigenvalue weighted by Crippen LogP contribution is -1.97. The topological polar surface area (TPSA) is 9.23 Å². The summed E-state index contributed by atoms with van der Waals surface area (Å²) in [6.45, 7) is 2.70. The minimum atomic E-state index is 0.604. The van der Waals surface area contributed by atoms with Crippen molar-refractivity contribution in [2.45, 2.75) is 13.5 Å². The van der Waals surface area contributed by atoms with Crippen molar-refractivity contribution in [1.29, 1.82) is 0 Å². The molecule has 1 nitrogen and oxygen atoms in total. The molecule has 75 valence electrons. The minimum absolute atomic E-state index is 0.604. The molecule has 0 aliphatic rings. The quantitative estimate of drug-likeness (QED) is 0.733. The van der Waals surface area contributed by atoms with E-state index in [1.807, 2.05) is 36.4 Å². The van der Waals surface area contributed by atoms with Gasteiger partial charge in [0.1, 0.15) is 12.4 Å². The van der Waals surface area contributed by atoms with Crippen molar-refractivity contribution in [3.63, 3.8) is 0 Å². The van der Waals surface area contributed by atoms with Gasteiger partial charge in [-0.2, -0.15) is 0 Å². The minimum Gasteiger partial charge on any atom is -0.488 e. The zero-order valence-corrected chi connectivity index (χ0v) is 8.73. The first-order valence-electron chi connectivity index (χ1n) is 5.00. The van der Waals surface area contributed by atoms with Crippen LogP contribution in [0.1, 0.15) is 11.1 Å². The molecule has 0 aliphatic carbocycles. The molecule has 0 amide bonds. The van der Waals surface area contributed by atoms with E-state index in [-0.39, 0.29) is 0 Å². The summed E-state index contributed by atoms with van der Waals surface area (Å²) in [5, 5.41) is 0.